The van der Waals surface area contributed by atoms with Gasteiger partial charge in [-0.15, -0.1) is 0 Å². The van der Waals surface area contributed by atoms with E-state index >= 15 is 0 Å². The number of carbonyl (C=O) groups excluding carboxylic acids is 3. The number of nitrogens with one attached hydrogen (secondary N) is 1. The Morgan fingerprint density at radius 3 is 2.09 bits per heavy atom. The molecule has 0 bridgehead atoms. The molecule has 0 atom stereocenters. The van der Waals surface area contributed by atoms with Crippen LogP contribution in [0.15, 0.2) is 91.1 Å². The number of amides is 1. The van der Waals surface area contributed by atoms with Crippen molar-refractivity contribution < 1.29 is 19.1 Å². The summed E-state index contributed by atoms with van der Waals surface area (Å²) in [5.41, 5.74) is 1.67. The van der Waals surface area contributed by atoms with Gasteiger partial charge in [-0.3, -0.25) is 9.59 Å². The molecule has 0 saturated heterocycles. The van der Waals surface area contributed by atoms with Gasteiger partial charge in [-0.05, 0) is 25.1 Å². The molecule has 1 N–H and O–H groups in total. The van der Waals surface area contributed by atoms with E-state index in [-0.39, 0.29) is 34.9 Å². The van der Waals surface area contributed by atoms with E-state index in [9.17, 15) is 14.4 Å². The molecule has 33 heavy (non-hydrogen) atoms. The van der Waals surface area contributed by atoms with Gasteiger partial charge >= 0.3 is 5.97 Å². The predicted octanol–water partition coefficient (Wildman–Crippen LogP) is 4.53. The van der Waals surface area contributed by atoms with Gasteiger partial charge in [0.25, 0.3) is 5.91 Å². The SMILES string of the molecule is CCOC(=O)c1cnn(-c2ccccc2)c1NC(=O)c1ccccc1C(=O)c1ccccc1. The van der Waals surface area contributed by atoms with Crippen LogP contribution >= 0.6 is 0 Å². The van der Waals surface area contributed by atoms with Gasteiger partial charge in [0.05, 0.1) is 24.1 Å². The number of hydrogen-bond donors (Lipinski definition) is 1. The van der Waals surface area contributed by atoms with Crippen molar-refractivity contribution >= 4 is 23.5 Å². The molecule has 0 radical (unpaired) electrons. The van der Waals surface area contributed by atoms with Crippen molar-refractivity contribution in [3.05, 3.63) is 113 Å². The van der Waals surface area contributed by atoms with Gasteiger partial charge in [-0.2, -0.15) is 5.10 Å². The highest BCUT2D eigenvalue weighted by Gasteiger charge is 2.24. The molecule has 1 heterocycles. The first-order valence-electron chi connectivity index (χ1n) is 10.4. The van der Waals surface area contributed by atoms with Gasteiger partial charge in [0.1, 0.15) is 5.56 Å². The number of ether oxygens (including phenoxy) is 1. The first-order chi connectivity index (χ1) is 16.1. The molecule has 0 fully saturated rings. The van der Waals surface area contributed by atoms with E-state index < -0.39 is 11.9 Å². The van der Waals surface area contributed by atoms with Crippen LogP contribution in [-0.4, -0.2) is 34.0 Å². The Balaban J connectivity index is 1.73. The molecular formula is C26H21N3O4. The fraction of sp³-hybridized carbons (Fsp3) is 0.0769. The van der Waals surface area contributed by atoms with Crippen LogP contribution in [0, 0.1) is 0 Å². The molecule has 0 aliphatic rings. The third-order valence-electron chi connectivity index (χ3n) is 4.95. The Morgan fingerprint density at radius 1 is 0.818 bits per heavy atom. The number of rotatable bonds is 7. The second-order valence-electron chi connectivity index (χ2n) is 7.07. The lowest BCUT2D eigenvalue weighted by Crippen LogP contribution is -2.20. The summed E-state index contributed by atoms with van der Waals surface area (Å²) in [6, 6.07) is 24.4. The number of ketones is 1. The minimum absolute atomic E-state index is 0.112. The third kappa shape index (κ3) is 4.57. The molecule has 7 nitrogen and oxygen atoms in total. The van der Waals surface area contributed by atoms with Gasteiger partial charge in [-0.1, -0.05) is 66.7 Å². The molecule has 1 amide bonds. The Bertz CT molecular complexity index is 1300. The van der Waals surface area contributed by atoms with Gasteiger partial charge in [-0.25, -0.2) is 9.48 Å². The number of esters is 1. The van der Waals surface area contributed by atoms with Crippen LogP contribution in [0.4, 0.5) is 5.82 Å². The third-order valence-corrected chi connectivity index (χ3v) is 4.95. The summed E-state index contributed by atoms with van der Waals surface area (Å²) in [4.78, 5) is 38.9. The van der Waals surface area contributed by atoms with E-state index in [1.807, 2.05) is 24.3 Å². The Hall–Kier alpha value is -4.52. The summed E-state index contributed by atoms with van der Waals surface area (Å²) in [5.74, 6) is -1.27. The van der Waals surface area contributed by atoms with Crippen molar-refractivity contribution in [1.82, 2.24) is 9.78 Å². The van der Waals surface area contributed by atoms with Crippen LogP contribution in [0.1, 0.15) is 43.6 Å². The number of carbonyl (C=O) groups is 3. The van der Waals surface area contributed by atoms with E-state index in [0.29, 0.717) is 11.3 Å². The summed E-state index contributed by atoms with van der Waals surface area (Å²) >= 11 is 0. The number of hydrogen-bond acceptors (Lipinski definition) is 5. The highest BCUT2D eigenvalue weighted by atomic mass is 16.5. The van der Waals surface area contributed by atoms with Crippen LogP contribution in [0.3, 0.4) is 0 Å². The molecule has 3 aromatic carbocycles. The molecule has 0 saturated carbocycles. The number of nitrogens with zero attached hydrogens (tertiary/aromatic N) is 2. The Morgan fingerprint density at radius 2 is 1.42 bits per heavy atom. The molecule has 0 aliphatic carbocycles. The molecule has 0 aliphatic heterocycles. The molecule has 0 spiro atoms. The van der Waals surface area contributed by atoms with Crippen LogP contribution in [0.2, 0.25) is 0 Å². The Labute approximate surface area is 190 Å². The van der Waals surface area contributed by atoms with Gasteiger partial charge in [0.15, 0.2) is 11.6 Å². The zero-order valence-corrected chi connectivity index (χ0v) is 17.9. The lowest BCUT2D eigenvalue weighted by molar-refractivity contribution is 0.0527. The summed E-state index contributed by atoms with van der Waals surface area (Å²) in [6.07, 6.45) is 1.35. The average Bonchev–Trinajstić information content (AvgIpc) is 3.28. The zero-order valence-electron chi connectivity index (χ0n) is 17.9. The minimum Gasteiger partial charge on any atom is -0.462 e. The Kier molecular flexibility index (Phi) is 6.40. The first kappa shape index (κ1) is 21.7. The maximum absolute atomic E-state index is 13.3. The second kappa shape index (κ2) is 9.74. The van der Waals surface area contributed by atoms with Crippen molar-refractivity contribution in [2.24, 2.45) is 0 Å². The molecule has 7 heteroatoms. The molecule has 4 rings (SSSR count). The van der Waals surface area contributed by atoms with Gasteiger partial charge in [0.2, 0.25) is 0 Å². The minimum atomic E-state index is -0.608. The van der Waals surface area contributed by atoms with E-state index in [2.05, 4.69) is 10.4 Å². The van der Waals surface area contributed by atoms with Crippen molar-refractivity contribution in [1.29, 1.82) is 0 Å². The molecule has 164 valence electrons. The van der Waals surface area contributed by atoms with E-state index in [0.717, 1.165) is 0 Å². The standard InChI is InChI=1S/C26H21N3O4/c1-2-33-26(32)22-17-27-29(19-13-7-4-8-14-19)24(22)28-25(31)21-16-10-9-15-20(21)23(30)18-11-5-3-6-12-18/h3-17H,2H2,1H3,(H,28,31). The predicted molar refractivity (Wildman–Crippen MR) is 124 cm³/mol. The largest absolute Gasteiger partial charge is 0.462 e. The average molecular weight is 439 g/mol. The van der Waals surface area contributed by atoms with Gasteiger partial charge in [0, 0.05) is 11.1 Å². The summed E-state index contributed by atoms with van der Waals surface area (Å²) < 4.78 is 6.58. The quantitative estimate of drug-likeness (QED) is 0.337. The number of para-hydroxylation sites is 1. The molecule has 0 unspecified atom stereocenters. The van der Waals surface area contributed by atoms with Crippen molar-refractivity contribution in [3.63, 3.8) is 0 Å². The van der Waals surface area contributed by atoms with Crippen molar-refractivity contribution in [3.8, 4) is 5.69 Å². The number of anilines is 1. The zero-order chi connectivity index (χ0) is 23.2. The highest BCUT2D eigenvalue weighted by molar-refractivity contribution is 6.18. The molecular weight excluding hydrogens is 418 g/mol. The van der Waals surface area contributed by atoms with Crippen LogP contribution in [0.25, 0.3) is 5.69 Å². The van der Waals surface area contributed by atoms with Gasteiger partial charge < -0.3 is 10.1 Å². The van der Waals surface area contributed by atoms with E-state index in [1.54, 1.807) is 67.6 Å². The number of benzene rings is 3. The lowest BCUT2D eigenvalue weighted by Gasteiger charge is -2.13. The normalized spacial score (nSPS) is 10.5. The summed E-state index contributed by atoms with van der Waals surface area (Å²) in [6.45, 7) is 1.88. The van der Waals surface area contributed by atoms with Crippen LogP contribution in [-0.2, 0) is 4.74 Å². The topological polar surface area (TPSA) is 90.3 Å². The van der Waals surface area contributed by atoms with Crippen LogP contribution < -0.4 is 5.32 Å². The number of aromatic nitrogens is 2. The van der Waals surface area contributed by atoms with Crippen molar-refractivity contribution in [2.75, 3.05) is 11.9 Å². The maximum atomic E-state index is 13.3. The van der Waals surface area contributed by atoms with Crippen molar-refractivity contribution in [2.45, 2.75) is 6.92 Å². The second-order valence-corrected chi connectivity index (χ2v) is 7.07. The maximum Gasteiger partial charge on any atom is 0.343 e. The first-order valence-corrected chi connectivity index (χ1v) is 10.4. The van der Waals surface area contributed by atoms with Crippen LogP contribution in [0.5, 0.6) is 0 Å². The molecule has 4 aromatic rings. The van der Waals surface area contributed by atoms with E-state index in [1.165, 1.54) is 10.9 Å². The fourth-order valence-corrected chi connectivity index (χ4v) is 3.39. The summed E-state index contributed by atoms with van der Waals surface area (Å²) in [7, 11) is 0. The highest BCUT2D eigenvalue weighted by Crippen LogP contribution is 2.23. The van der Waals surface area contributed by atoms with E-state index in [4.69, 9.17) is 4.74 Å². The monoisotopic (exact) mass is 439 g/mol. The lowest BCUT2D eigenvalue weighted by atomic mass is 9.98. The molecule has 1 aromatic heterocycles. The summed E-state index contributed by atoms with van der Waals surface area (Å²) in [5, 5.41) is 7.04. The fourth-order valence-electron chi connectivity index (χ4n) is 3.39. The smallest absolute Gasteiger partial charge is 0.343 e.